The molecule has 32 heavy (non-hydrogen) atoms. The number of hydrogen-bond donors (Lipinski definition) is 2. The van der Waals surface area contributed by atoms with E-state index in [2.05, 4.69) is 9.72 Å². The molecule has 1 saturated heterocycles. The Morgan fingerprint density at radius 2 is 1.97 bits per heavy atom. The summed E-state index contributed by atoms with van der Waals surface area (Å²) in [6.45, 7) is -1.62. The topological polar surface area (TPSA) is 74.4 Å². The zero-order chi connectivity index (χ0) is 26.0. The van der Waals surface area contributed by atoms with Crippen LogP contribution in [0.25, 0.3) is 0 Å². The molecule has 1 aliphatic heterocycles. The van der Waals surface area contributed by atoms with Crippen molar-refractivity contribution in [2.45, 2.75) is 42.1 Å². The van der Waals surface area contributed by atoms with Gasteiger partial charge in [-0.1, -0.05) is 0 Å². The number of anilines is 2. The van der Waals surface area contributed by atoms with Crippen molar-refractivity contribution >= 4 is 21.4 Å². The van der Waals surface area contributed by atoms with Gasteiger partial charge in [0.05, 0.1) is 28.6 Å². The van der Waals surface area contributed by atoms with Gasteiger partial charge in [-0.25, -0.2) is 34.8 Å². The molecule has 1 fully saturated rings. The molecule has 1 atom stereocenters. The number of benzene rings is 1. The van der Waals surface area contributed by atoms with Crippen LogP contribution in [0.4, 0.5) is 37.7 Å². The lowest BCUT2D eigenvalue weighted by Gasteiger charge is -2.40. The molecule has 0 bridgehead atoms. The van der Waals surface area contributed by atoms with Crippen LogP contribution in [0.2, 0.25) is 0 Å². The highest BCUT2D eigenvalue weighted by molar-refractivity contribution is 7.92. The van der Waals surface area contributed by atoms with Gasteiger partial charge >= 0.3 is 0 Å². The van der Waals surface area contributed by atoms with E-state index in [0.717, 1.165) is 11.1 Å². The summed E-state index contributed by atoms with van der Waals surface area (Å²) in [5.74, 6) is -5.38. The Bertz CT molecular complexity index is 1250. The largest absolute Gasteiger partial charge is 0.372 e. The summed E-state index contributed by atoms with van der Waals surface area (Å²) >= 11 is 0. The molecule has 2 aliphatic rings. The Balaban J connectivity index is 1.58. The van der Waals surface area contributed by atoms with Crippen LogP contribution in [0.5, 0.6) is 0 Å². The highest BCUT2D eigenvalue weighted by atomic mass is 32.2. The quantitative estimate of drug-likeness (QED) is 0.611. The van der Waals surface area contributed by atoms with E-state index in [4.69, 9.17) is 4.11 Å². The number of rotatable bonds is 6. The normalized spacial score (nSPS) is 24.3. The maximum absolute atomic E-state index is 14.5. The second-order valence-electron chi connectivity index (χ2n) is 7.86. The number of nitrogens with zero attached hydrogens (tertiary/aromatic N) is 1. The van der Waals surface area contributed by atoms with E-state index in [1.807, 2.05) is 4.72 Å². The van der Waals surface area contributed by atoms with Gasteiger partial charge in [-0.3, -0.25) is 4.72 Å². The van der Waals surface area contributed by atoms with Gasteiger partial charge < -0.3 is 14.6 Å². The van der Waals surface area contributed by atoms with Crippen molar-refractivity contribution in [2.24, 2.45) is 0 Å². The Kier molecular flexibility index (Phi) is 4.52. The number of fused-ring (bicyclic) bond motifs is 1. The van der Waals surface area contributed by atoms with E-state index >= 15 is 0 Å². The number of halogens is 6. The number of H-pyrrole nitrogens is 1. The molecule has 1 aromatic heterocycles. The third-order valence-corrected chi connectivity index (χ3v) is 7.10. The first-order valence-corrected chi connectivity index (χ1v) is 10.8. The third-order valence-electron chi connectivity index (χ3n) is 5.67. The molecule has 2 aromatic rings. The van der Waals surface area contributed by atoms with E-state index in [-0.39, 0.29) is 17.7 Å². The van der Waals surface area contributed by atoms with Crippen LogP contribution < -0.4 is 9.62 Å². The number of ether oxygens (including phenoxy) is 1. The van der Waals surface area contributed by atoms with Crippen molar-refractivity contribution < 1.29 is 43.6 Å². The Hall–Kier alpha value is -2.41. The molecule has 0 spiro atoms. The first-order chi connectivity index (χ1) is 16.0. The van der Waals surface area contributed by atoms with Crippen molar-refractivity contribution in [1.82, 2.24) is 4.98 Å². The molecule has 0 saturated carbocycles. The molecule has 0 radical (unpaired) electrons. The van der Waals surface area contributed by atoms with Gasteiger partial charge in [0.2, 0.25) is 0 Å². The molecule has 0 amide bonds. The molecule has 2 N–H and O–H groups in total. The third kappa shape index (κ3) is 3.81. The summed E-state index contributed by atoms with van der Waals surface area (Å²) in [6, 6.07) is 1.11. The number of methoxy groups -OCH3 is 1. The van der Waals surface area contributed by atoms with Crippen molar-refractivity contribution in [3.8, 4) is 0 Å². The lowest BCUT2D eigenvalue weighted by Crippen LogP contribution is -2.56. The van der Waals surface area contributed by atoms with Gasteiger partial charge in [-0.05, 0) is 18.4 Å². The van der Waals surface area contributed by atoms with Crippen molar-refractivity contribution in [2.75, 3.05) is 29.7 Å². The van der Waals surface area contributed by atoms with Crippen molar-refractivity contribution in [1.29, 1.82) is 0 Å². The van der Waals surface area contributed by atoms with Crippen LogP contribution in [0.15, 0.2) is 23.2 Å². The minimum Gasteiger partial charge on any atom is -0.372 e. The van der Waals surface area contributed by atoms with Crippen LogP contribution >= 0.6 is 0 Å². The minimum atomic E-state index is -4.55. The van der Waals surface area contributed by atoms with Gasteiger partial charge in [0.25, 0.3) is 22.4 Å². The Morgan fingerprint density at radius 3 is 2.59 bits per heavy atom. The van der Waals surface area contributed by atoms with Crippen LogP contribution in [0, 0.1) is 11.6 Å². The second-order valence-corrected chi connectivity index (χ2v) is 9.51. The van der Waals surface area contributed by atoms with Crippen LogP contribution in [-0.2, 0) is 27.6 Å². The average Bonchev–Trinajstić information content (AvgIpc) is 3.11. The van der Waals surface area contributed by atoms with Gasteiger partial charge in [-0.15, -0.1) is 0 Å². The molecule has 176 valence electrons. The monoisotopic (exact) mass is 486 g/mol. The molecule has 4 rings (SSSR count). The molecule has 1 aliphatic carbocycles. The molecular formula is C19H19F6N3O3S. The van der Waals surface area contributed by atoms with E-state index < -0.39 is 88.8 Å². The highest BCUT2D eigenvalue weighted by Gasteiger charge is 2.46. The number of sulfonamides is 1. The van der Waals surface area contributed by atoms with E-state index in [9.17, 15) is 34.8 Å². The van der Waals surface area contributed by atoms with Crippen LogP contribution in [-0.4, -0.2) is 51.5 Å². The predicted octanol–water partition coefficient (Wildman–Crippen LogP) is 3.69. The van der Waals surface area contributed by atoms with E-state index in [1.165, 1.54) is 0 Å². The molecule has 1 aromatic carbocycles. The lowest BCUT2D eigenvalue weighted by molar-refractivity contribution is -0.128. The summed E-state index contributed by atoms with van der Waals surface area (Å²) in [5, 5.41) is 0. The molecule has 0 unspecified atom stereocenters. The summed E-state index contributed by atoms with van der Waals surface area (Å²) < 4.78 is 136. The molecule has 6 nitrogen and oxygen atoms in total. The molecule has 2 heterocycles. The lowest BCUT2D eigenvalue weighted by atomic mass is 9.84. The fourth-order valence-corrected chi connectivity index (χ4v) is 5.25. The summed E-state index contributed by atoms with van der Waals surface area (Å²) in [6.07, 6.45) is -3.64. The van der Waals surface area contributed by atoms with Crippen molar-refractivity contribution in [3.63, 3.8) is 0 Å². The average molecular weight is 486 g/mol. The van der Waals surface area contributed by atoms with Gasteiger partial charge in [0.1, 0.15) is 22.1 Å². The van der Waals surface area contributed by atoms with Crippen LogP contribution in [0.3, 0.4) is 0 Å². The molecule has 13 heteroatoms. The summed E-state index contributed by atoms with van der Waals surface area (Å²) in [4.78, 5) is 3.00. The summed E-state index contributed by atoms with van der Waals surface area (Å²) in [7, 11) is -7.66. The van der Waals surface area contributed by atoms with Gasteiger partial charge in [0.15, 0.2) is 0 Å². The number of alkyl halides is 4. The Labute approximate surface area is 183 Å². The number of nitrogens with one attached hydrogen (secondary N) is 2. The molecular weight excluding hydrogens is 464 g/mol. The first-order valence-electron chi connectivity index (χ1n) is 10.8. The van der Waals surface area contributed by atoms with Gasteiger partial charge in [0, 0.05) is 37.5 Å². The second kappa shape index (κ2) is 7.58. The number of hydrogen-bond acceptors (Lipinski definition) is 4. The SMILES string of the molecule is [2H]C([2H])([2H])O[C@@]1(C(F)F)CCc2c(S(=O)(=O)Nc3cc(F)c(N4CC(F)(F)C4)cc3F)c[nH]c2C1. The fourth-order valence-electron chi connectivity index (χ4n) is 3.93. The van der Waals surface area contributed by atoms with Gasteiger partial charge in [-0.2, -0.15) is 0 Å². The Morgan fingerprint density at radius 1 is 1.25 bits per heavy atom. The number of aromatic amines is 1. The summed E-state index contributed by atoms with van der Waals surface area (Å²) in [5.41, 5.74) is -3.52. The van der Waals surface area contributed by atoms with E-state index in [0.29, 0.717) is 12.1 Å². The maximum atomic E-state index is 14.5. The maximum Gasteiger partial charge on any atom is 0.282 e. The standard InChI is InChI=1S/C19H19F6N3O3S/c1-31-18(17(22)23)3-2-10-14(6-18)26-7-16(10)32(29,30)27-13-4-12(21)15(5-11(13)20)28-8-19(24,25)9-28/h4-5,7,17,26-27H,2-3,6,8-9H2,1H3/t18-/m0/s1/i1D3. The minimum absolute atomic E-state index is 0.00175. The highest BCUT2D eigenvalue weighted by Crippen LogP contribution is 2.39. The number of aromatic nitrogens is 1. The zero-order valence-electron chi connectivity index (χ0n) is 19.2. The van der Waals surface area contributed by atoms with Crippen LogP contribution in [0.1, 0.15) is 21.8 Å². The zero-order valence-corrected chi connectivity index (χ0v) is 17.0. The van der Waals surface area contributed by atoms with Crippen molar-refractivity contribution in [3.05, 3.63) is 41.2 Å². The van der Waals surface area contributed by atoms with E-state index in [1.54, 1.807) is 0 Å². The fraction of sp³-hybridized carbons (Fsp3) is 0.474. The smallest absolute Gasteiger partial charge is 0.282 e. The predicted molar refractivity (Wildman–Crippen MR) is 103 cm³/mol. The first kappa shape index (κ1) is 19.1.